The number of anilines is 1. The highest BCUT2D eigenvalue weighted by Gasteiger charge is 2.16. The van der Waals surface area contributed by atoms with Crippen LogP contribution in [0.1, 0.15) is 0 Å². The molecule has 0 unspecified atom stereocenters. The highest BCUT2D eigenvalue weighted by Crippen LogP contribution is 2.31. The van der Waals surface area contributed by atoms with Crippen LogP contribution in [0.25, 0.3) is 21.9 Å². The minimum absolute atomic E-state index is 0.614. The Balaban J connectivity index is 2.09. The number of benzene rings is 1. The van der Waals surface area contributed by atoms with Crippen molar-refractivity contribution in [3.05, 3.63) is 24.5 Å². The van der Waals surface area contributed by atoms with Gasteiger partial charge in [-0.25, -0.2) is 9.97 Å². The average molecular weight is 330 g/mol. The molecule has 24 heavy (non-hydrogen) atoms. The van der Waals surface area contributed by atoms with E-state index in [2.05, 4.69) is 19.9 Å². The molecule has 7 nitrogen and oxygen atoms in total. The maximum atomic E-state index is 5.32. The first-order chi connectivity index (χ1) is 11.8. The van der Waals surface area contributed by atoms with Gasteiger partial charge in [-0.3, -0.25) is 0 Å². The predicted octanol–water partition coefficient (Wildman–Crippen LogP) is 2.22. The minimum atomic E-state index is 0.614. The molecular weight excluding hydrogens is 308 g/mol. The van der Waals surface area contributed by atoms with Crippen LogP contribution in [0.15, 0.2) is 24.5 Å². The van der Waals surface area contributed by atoms with E-state index in [1.807, 2.05) is 18.2 Å². The van der Waals surface area contributed by atoms with Crippen LogP contribution in [0.5, 0.6) is 5.75 Å². The largest absolute Gasteiger partial charge is 0.497 e. The summed E-state index contributed by atoms with van der Waals surface area (Å²) < 4.78 is 15.8. The Labute approximate surface area is 140 Å². The molecule has 1 N–H and O–H groups in total. The van der Waals surface area contributed by atoms with Gasteiger partial charge in [0, 0.05) is 38.2 Å². The zero-order valence-corrected chi connectivity index (χ0v) is 14.2. The molecule has 0 spiro atoms. The van der Waals surface area contributed by atoms with Gasteiger partial charge in [0.15, 0.2) is 5.82 Å². The second kappa shape index (κ2) is 7.46. The van der Waals surface area contributed by atoms with Crippen LogP contribution in [-0.2, 0) is 9.47 Å². The maximum absolute atomic E-state index is 5.32. The van der Waals surface area contributed by atoms with Crippen LogP contribution in [0.4, 0.5) is 5.82 Å². The van der Waals surface area contributed by atoms with Crippen molar-refractivity contribution in [1.29, 1.82) is 0 Å². The average Bonchev–Trinajstić information content (AvgIpc) is 3.00. The number of nitrogens with one attached hydrogen (secondary N) is 1. The number of rotatable bonds is 8. The SMILES string of the molecule is COCCN(CCOC)c1ncnc2c1[nH]c1ccc(OC)cc12. The zero-order valence-electron chi connectivity index (χ0n) is 14.2. The third kappa shape index (κ3) is 3.13. The Bertz CT molecular complexity index is 810. The predicted molar refractivity (Wildman–Crippen MR) is 93.9 cm³/mol. The van der Waals surface area contributed by atoms with Gasteiger partial charge in [-0.15, -0.1) is 0 Å². The quantitative estimate of drug-likeness (QED) is 0.683. The van der Waals surface area contributed by atoms with Crippen molar-refractivity contribution in [2.45, 2.75) is 0 Å². The van der Waals surface area contributed by atoms with Gasteiger partial charge in [0.25, 0.3) is 0 Å². The van der Waals surface area contributed by atoms with Crippen LogP contribution in [-0.4, -0.2) is 62.6 Å². The number of hydrogen-bond donors (Lipinski definition) is 1. The van der Waals surface area contributed by atoms with E-state index >= 15 is 0 Å². The Hall–Kier alpha value is -2.38. The van der Waals surface area contributed by atoms with E-state index in [1.165, 1.54) is 0 Å². The Morgan fingerprint density at radius 2 is 1.79 bits per heavy atom. The summed E-state index contributed by atoms with van der Waals surface area (Å²) in [7, 11) is 5.05. The molecule has 0 bridgehead atoms. The molecule has 7 heteroatoms. The van der Waals surface area contributed by atoms with Crippen LogP contribution < -0.4 is 9.64 Å². The van der Waals surface area contributed by atoms with Crippen molar-refractivity contribution < 1.29 is 14.2 Å². The number of aromatic nitrogens is 3. The van der Waals surface area contributed by atoms with Crippen molar-refractivity contribution in [3.8, 4) is 5.75 Å². The van der Waals surface area contributed by atoms with E-state index in [1.54, 1.807) is 27.7 Å². The van der Waals surface area contributed by atoms with E-state index in [0.29, 0.717) is 13.2 Å². The molecule has 0 amide bonds. The molecule has 3 rings (SSSR count). The number of hydrogen-bond acceptors (Lipinski definition) is 6. The summed E-state index contributed by atoms with van der Waals surface area (Å²) >= 11 is 0. The third-order valence-electron chi connectivity index (χ3n) is 4.00. The van der Waals surface area contributed by atoms with Gasteiger partial charge in [-0.2, -0.15) is 0 Å². The van der Waals surface area contributed by atoms with Crippen molar-refractivity contribution >= 4 is 27.8 Å². The third-order valence-corrected chi connectivity index (χ3v) is 4.00. The molecular formula is C17H22N4O3. The highest BCUT2D eigenvalue weighted by molar-refractivity contribution is 6.08. The van der Waals surface area contributed by atoms with E-state index in [0.717, 1.165) is 46.6 Å². The van der Waals surface area contributed by atoms with Gasteiger partial charge in [-0.05, 0) is 18.2 Å². The second-order valence-corrected chi connectivity index (χ2v) is 5.43. The molecule has 0 saturated carbocycles. The highest BCUT2D eigenvalue weighted by atomic mass is 16.5. The van der Waals surface area contributed by atoms with Crippen molar-refractivity contribution in [3.63, 3.8) is 0 Å². The molecule has 0 aliphatic heterocycles. The maximum Gasteiger partial charge on any atom is 0.156 e. The monoisotopic (exact) mass is 330 g/mol. The molecule has 0 aliphatic carbocycles. The molecule has 3 aromatic rings. The van der Waals surface area contributed by atoms with Crippen molar-refractivity contribution in [2.24, 2.45) is 0 Å². The summed E-state index contributed by atoms with van der Waals surface area (Å²) in [4.78, 5) is 14.5. The zero-order chi connectivity index (χ0) is 16.9. The van der Waals surface area contributed by atoms with Crippen LogP contribution in [0.3, 0.4) is 0 Å². The molecule has 0 fully saturated rings. The number of methoxy groups -OCH3 is 3. The Morgan fingerprint density at radius 3 is 2.46 bits per heavy atom. The summed E-state index contributed by atoms with van der Waals surface area (Å²) in [6.45, 7) is 2.68. The first-order valence-electron chi connectivity index (χ1n) is 7.81. The fraction of sp³-hybridized carbons (Fsp3) is 0.412. The lowest BCUT2D eigenvalue weighted by atomic mass is 10.2. The van der Waals surface area contributed by atoms with Crippen LogP contribution in [0, 0.1) is 0 Å². The molecule has 1 aromatic carbocycles. The van der Waals surface area contributed by atoms with Crippen LogP contribution in [0.2, 0.25) is 0 Å². The smallest absolute Gasteiger partial charge is 0.156 e. The fourth-order valence-corrected chi connectivity index (χ4v) is 2.75. The topological polar surface area (TPSA) is 72.5 Å². The first kappa shape index (κ1) is 16.5. The first-order valence-corrected chi connectivity index (χ1v) is 7.81. The van der Waals surface area contributed by atoms with Gasteiger partial charge < -0.3 is 24.1 Å². The van der Waals surface area contributed by atoms with Crippen LogP contribution >= 0.6 is 0 Å². The molecule has 2 heterocycles. The van der Waals surface area contributed by atoms with Crippen molar-refractivity contribution in [1.82, 2.24) is 15.0 Å². The van der Waals surface area contributed by atoms with E-state index < -0.39 is 0 Å². The number of fused-ring (bicyclic) bond motifs is 3. The Kier molecular flexibility index (Phi) is 5.12. The van der Waals surface area contributed by atoms with Gasteiger partial charge in [0.1, 0.15) is 23.1 Å². The molecule has 0 saturated heterocycles. The normalized spacial score (nSPS) is 11.3. The summed E-state index contributed by atoms with van der Waals surface area (Å²) in [5.74, 6) is 1.66. The number of H-pyrrole nitrogens is 1. The number of aromatic amines is 1. The van der Waals surface area contributed by atoms with Gasteiger partial charge in [0.05, 0.1) is 20.3 Å². The number of nitrogens with zero attached hydrogens (tertiary/aromatic N) is 3. The standard InChI is InChI=1S/C17H22N4O3/c1-22-8-6-21(7-9-23-2)17-16-15(18-11-19-17)13-10-12(24-3)4-5-14(13)20-16/h4-5,10-11,20H,6-9H2,1-3H3. The molecule has 0 radical (unpaired) electrons. The molecule has 128 valence electrons. The molecule has 0 aliphatic rings. The summed E-state index contributed by atoms with van der Waals surface area (Å²) in [5, 5.41) is 1.02. The lowest BCUT2D eigenvalue weighted by molar-refractivity contribution is 0.190. The summed E-state index contributed by atoms with van der Waals surface area (Å²) in [6.07, 6.45) is 1.59. The lowest BCUT2D eigenvalue weighted by Crippen LogP contribution is -2.31. The molecule has 2 aromatic heterocycles. The Morgan fingerprint density at radius 1 is 1.04 bits per heavy atom. The molecule has 0 atom stereocenters. The van der Waals surface area contributed by atoms with Crippen molar-refractivity contribution in [2.75, 3.05) is 52.5 Å². The fourth-order valence-electron chi connectivity index (χ4n) is 2.75. The summed E-state index contributed by atoms with van der Waals surface area (Å²) in [6, 6.07) is 5.91. The van der Waals surface area contributed by atoms with E-state index in [4.69, 9.17) is 14.2 Å². The summed E-state index contributed by atoms with van der Waals surface area (Å²) in [5.41, 5.74) is 2.80. The van der Waals surface area contributed by atoms with Gasteiger partial charge >= 0.3 is 0 Å². The van der Waals surface area contributed by atoms with Gasteiger partial charge in [0.2, 0.25) is 0 Å². The number of ether oxygens (including phenoxy) is 3. The minimum Gasteiger partial charge on any atom is -0.497 e. The lowest BCUT2D eigenvalue weighted by Gasteiger charge is -2.23. The van der Waals surface area contributed by atoms with Gasteiger partial charge in [-0.1, -0.05) is 0 Å². The van der Waals surface area contributed by atoms with E-state index in [9.17, 15) is 0 Å². The van der Waals surface area contributed by atoms with E-state index in [-0.39, 0.29) is 0 Å². The second-order valence-electron chi connectivity index (χ2n) is 5.43.